The van der Waals surface area contributed by atoms with Gasteiger partial charge in [0.2, 0.25) is 0 Å². The van der Waals surface area contributed by atoms with E-state index >= 15 is 0 Å². The van der Waals surface area contributed by atoms with Crippen LogP contribution in [0.3, 0.4) is 0 Å². The fraction of sp³-hybridized carbons (Fsp3) is 0.211. The van der Waals surface area contributed by atoms with Gasteiger partial charge in [0.15, 0.2) is 5.65 Å². The highest BCUT2D eigenvalue weighted by Crippen LogP contribution is 2.31. The SMILES string of the molecule is COC(=O)Cn1c2ccc(Cl)cc2c2nc3cc(C)c(C)cc3nc21. The molecule has 2 aromatic heterocycles. The molecule has 0 atom stereocenters. The van der Waals surface area contributed by atoms with E-state index in [2.05, 4.69) is 6.92 Å². The zero-order chi connectivity index (χ0) is 17.7. The highest BCUT2D eigenvalue weighted by molar-refractivity contribution is 6.31. The van der Waals surface area contributed by atoms with Crippen molar-refractivity contribution in [2.24, 2.45) is 0 Å². The van der Waals surface area contributed by atoms with E-state index in [-0.39, 0.29) is 12.5 Å². The van der Waals surface area contributed by atoms with Gasteiger partial charge in [-0.05, 0) is 55.3 Å². The largest absolute Gasteiger partial charge is 0.468 e. The highest BCUT2D eigenvalue weighted by Gasteiger charge is 2.17. The third kappa shape index (κ3) is 2.51. The molecule has 0 aliphatic carbocycles. The summed E-state index contributed by atoms with van der Waals surface area (Å²) < 4.78 is 6.66. The summed E-state index contributed by atoms with van der Waals surface area (Å²) in [6.45, 7) is 4.17. The summed E-state index contributed by atoms with van der Waals surface area (Å²) >= 11 is 6.18. The van der Waals surface area contributed by atoms with Crippen LogP contribution in [0.4, 0.5) is 0 Å². The Bertz CT molecular complexity index is 1160. The monoisotopic (exact) mass is 353 g/mol. The molecule has 0 aliphatic heterocycles. The molecule has 2 heterocycles. The van der Waals surface area contributed by atoms with Crippen molar-refractivity contribution in [1.82, 2.24) is 14.5 Å². The second kappa shape index (κ2) is 5.70. The van der Waals surface area contributed by atoms with Gasteiger partial charge in [-0.1, -0.05) is 11.6 Å². The Kier molecular flexibility index (Phi) is 3.62. The summed E-state index contributed by atoms with van der Waals surface area (Å²) in [5.74, 6) is -0.337. The van der Waals surface area contributed by atoms with E-state index in [9.17, 15) is 4.79 Å². The number of carbonyl (C=O) groups excluding carboxylic acids is 1. The summed E-state index contributed by atoms with van der Waals surface area (Å²) in [6.07, 6.45) is 0. The fourth-order valence-electron chi connectivity index (χ4n) is 3.07. The maximum Gasteiger partial charge on any atom is 0.325 e. The van der Waals surface area contributed by atoms with Crippen molar-refractivity contribution in [3.8, 4) is 0 Å². The minimum absolute atomic E-state index is 0.0726. The van der Waals surface area contributed by atoms with E-state index in [1.54, 1.807) is 6.07 Å². The molecule has 126 valence electrons. The Morgan fingerprint density at radius 1 is 1.12 bits per heavy atom. The molecule has 0 bridgehead atoms. The van der Waals surface area contributed by atoms with E-state index in [0.29, 0.717) is 10.7 Å². The molecule has 5 nitrogen and oxygen atoms in total. The number of carbonyl (C=O) groups is 1. The second-order valence-corrected chi connectivity index (χ2v) is 6.58. The molecule has 6 heteroatoms. The van der Waals surface area contributed by atoms with Crippen molar-refractivity contribution in [3.63, 3.8) is 0 Å². The van der Waals surface area contributed by atoms with E-state index < -0.39 is 0 Å². The Morgan fingerprint density at radius 3 is 2.48 bits per heavy atom. The van der Waals surface area contributed by atoms with Gasteiger partial charge in [-0.2, -0.15) is 0 Å². The van der Waals surface area contributed by atoms with Gasteiger partial charge in [-0.25, -0.2) is 9.97 Å². The second-order valence-electron chi connectivity index (χ2n) is 6.14. The smallest absolute Gasteiger partial charge is 0.325 e. The van der Waals surface area contributed by atoms with Crippen LogP contribution in [0.1, 0.15) is 11.1 Å². The van der Waals surface area contributed by atoms with Gasteiger partial charge in [0.05, 0.1) is 23.7 Å². The maximum atomic E-state index is 11.9. The molecule has 0 N–H and O–H groups in total. The molecule has 0 aliphatic rings. The average molecular weight is 354 g/mol. The van der Waals surface area contributed by atoms with E-state index in [1.165, 1.54) is 7.11 Å². The summed E-state index contributed by atoms with van der Waals surface area (Å²) in [7, 11) is 1.38. The first-order valence-corrected chi connectivity index (χ1v) is 8.29. The molecular formula is C19H16ClN3O2. The Hall–Kier alpha value is -2.66. The van der Waals surface area contributed by atoms with Crippen molar-refractivity contribution in [1.29, 1.82) is 0 Å². The number of halogens is 1. The Morgan fingerprint density at radius 2 is 1.80 bits per heavy atom. The molecule has 0 fully saturated rings. The quantitative estimate of drug-likeness (QED) is 0.507. The minimum Gasteiger partial charge on any atom is -0.468 e. The van der Waals surface area contributed by atoms with Crippen molar-refractivity contribution in [2.45, 2.75) is 20.4 Å². The van der Waals surface area contributed by atoms with Crippen LogP contribution in [0.2, 0.25) is 5.02 Å². The topological polar surface area (TPSA) is 57.0 Å². The lowest BCUT2D eigenvalue weighted by atomic mass is 10.1. The lowest BCUT2D eigenvalue weighted by Gasteiger charge is -2.06. The van der Waals surface area contributed by atoms with Crippen LogP contribution in [0.25, 0.3) is 33.1 Å². The van der Waals surface area contributed by atoms with Gasteiger partial charge < -0.3 is 9.30 Å². The van der Waals surface area contributed by atoms with E-state index in [1.807, 2.05) is 35.8 Å². The van der Waals surface area contributed by atoms with Crippen LogP contribution < -0.4 is 0 Å². The summed E-state index contributed by atoms with van der Waals surface area (Å²) in [6, 6.07) is 9.58. The molecule has 0 spiro atoms. The number of hydrogen-bond acceptors (Lipinski definition) is 4. The normalized spacial score (nSPS) is 11.5. The molecule has 0 radical (unpaired) electrons. The average Bonchev–Trinajstić information content (AvgIpc) is 2.86. The van der Waals surface area contributed by atoms with Crippen LogP contribution in [-0.2, 0) is 16.1 Å². The number of fused-ring (bicyclic) bond motifs is 4. The van der Waals surface area contributed by atoms with Gasteiger partial charge in [0.25, 0.3) is 0 Å². The standard InChI is InChI=1S/C19H16ClN3O2/c1-10-6-14-15(7-11(10)2)22-19-18(21-14)13-8-12(20)4-5-16(13)23(19)9-17(24)25-3/h4-8H,9H2,1-3H3. The van der Waals surface area contributed by atoms with Crippen LogP contribution in [0, 0.1) is 13.8 Å². The number of nitrogens with zero attached hydrogens (tertiary/aromatic N) is 3. The number of benzene rings is 2. The van der Waals surface area contributed by atoms with Gasteiger partial charge in [0, 0.05) is 10.4 Å². The molecule has 0 amide bonds. The summed E-state index contributed by atoms with van der Waals surface area (Å²) in [5.41, 5.74) is 6.18. The Balaban J connectivity index is 2.14. The predicted octanol–water partition coefficient (Wildman–Crippen LogP) is 4.18. The number of esters is 1. The van der Waals surface area contributed by atoms with Crippen LogP contribution in [0.5, 0.6) is 0 Å². The third-order valence-corrected chi connectivity index (χ3v) is 4.77. The van der Waals surface area contributed by atoms with Gasteiger partial charge in [-0.3, -0.25) is 4.79 Å². The molecule has 0 saturated heterocycles. The fourth-order valence-corrected chi connectivity index (χ4v) is 3.24. The van der Waals surface area contributed by atoms with Gasteiger partial charge in [0.1, 0.15) is 12.1 Å². The Labute approximate surface area is 149 Å². The number of methoxy groups -OCH3 is 1. The van der Waals surface area contributed by atoms with Crippen LogP contribution in [-0.4, -0.2) is 27.6 Å². The van der Waals surface area contributed by atoms with Crippen molar-refractivity contribution < 1.29 is 9.53 Å². The lowest BCUT2D eigenvalue weighted by Crippen LogP contribution is -2.11. The summed E-state index contributed by atoms with van der Waals surface area (Å²) in [4.78, 5) is 21.5. The molecule has 2 aromatic carbocycles. The predicted molar refractivity (Wildman–Crippen MR) is 99.0 cm³/mol. The van der Waals surface area contributed by atoms with Crippen molar-refractivity contribution >= 4 is 50.7 Å². The lowest BCUT2D eigenvalue weighted by molar-refractivity contribution is -0.141. The molecular weight excluding hydrogens is 338 g/mol. The van der Waals surface area contributed by atoms with Crippen molar-refractivity contribution in [3.05, 3.63) is 46.5 Å². The van der Waals surface area contributed by atoms with Crippen LogP contribution in [0.15, 0.2) is 30.3 Å². The third-order valence-electron chi connectivity index (χ3n) is 4.54. The van der Waals surface area contributed by atoms with Crippen LogP contribution >= 0.6 is 11.6 Å². The first kappa shape index (κ1) is 15.8. The number of rotatable bonds is 2. The first-order valence-electron chi connectivity index (χ1n) is 7.91. The molecule has 0 saturated carbocycles. The van der Waals surface area contributed by atoms with E-state index in [0.717, 1.165) is 38.6 Å². The molecule has 4 aromatic rings. The van der Waals surface area contributed by atoms with E-state index in [4.69, 9.17) is 26.3 Å². The summed E-state index contributed by atoms with van der Waals surface area (Å²) in [5, 5.41) is 1.49. The maximum absolute atomic E-state index is 11.9. The minimum atomic E-state index is -0.337. The molecule has 0 unspecified atom stereocenters. The van der Waals surface area contributed by atoms with Crippen molar-refractivity contribution in [2.75, 3.05) is 7.11 Å². The molecule has 25 heavy (non-hydrogen) atoms. The first-order chi connectivity index (χ1) is 12.0. The number of ether oxygens (including phenoxy) is 1. The van der Waals surface area contributed by atoms with Gasteiger partial charge >= 0.3 is 5.97 Å². The number of aryl methyl sites for hydroxylation is 2. The zero-order valence-electron chi connectivity index (χ0n) is 14.1. The van der Waals surface area contributed by atoms with Gasteiger partial charge in [-0.15, -0.1) is 0 Å². The zero-order valence-corrected chi connectivity index (χ0v) is 14.9. The number of aromatic nitrogens is 3. The highest BCUT2D eigenvalue weighted by atomic mass is 35.5. The number of hydrogen-bond donors (Lipinski definition) is 0. The molecule has 4 rings (SSSR count).